The van der Waals surface area contributed by atoms with Crippen molar-refractivity contribution >= 4 is 58.7 Å². The maximum Gasteiger partial charge on any atom is 0.408 e. The van der Waals surface area contributed by atoms with E-state index in [4.69, 9.17) is 39.5 Å². The van der Waals surface area contributed by atoms with Crippen molar-refractivity contribution in [2.45, 2.75) is 81.1 Å². The first-order valence-corrected chi connectivity index (χ1v) is 10.4. The van der Waals surface area contributed by atoms with Gasteiger partial charge < -0.3 is 30.5 Å². The Morgan fingerprint density at radius 3 is 1.81 bits per heavy atom. The summed E-state index contributed by atoms with van der Waals surface area (Å²) in [5.74, 6) is -2.10. The Labute approximate surface area is 196 Å². The molecule has 0 radical (unpaired) electrons. The minimum absolute atomic E-state index is 0.213. The van der Waals surface area contributed by atoms with Gasteiger partial charge in [0.15, 0.2) is 5.60 Å². The van der Waals surface area contributed by atoms with Gasteiger partial charge in [0.1, 0.15) is 18.1 Å². The second kappa shape index (κ2) is 11.4. The number of halogens is 3. The van der Waals surface area contributed by atoms with Gasteiger partial charge in [0.25, 0.3) is 0 Å². The van der Waals surface area contributed by atoms with Crippen LogP contribution in [0.3, 0.4) is 0 Å². The van der Waals surface area contributed by atoms with Crippen LogP contribution in [0.4, 0.5) is 4.79 Å². The van der Waals surface area contributed by atoms with Crippen molar-refractivity contribution in [1.29, 1.82) is 0 Å². The quantitative estimate of drug-likeness (QED) is 0.274. The summed E-state index contributed by atoms with van der Waals surface area (Å²) in [7, 11) is 1.17. The summed E-state index contributed by atoms with van der Waals surface area (Å²) in [5, 5.41) is 17.2. The summed E-state index contributed by atoms with van der Waals surface area (Å²) in [6, 6.07) is -3.28. The monoisotopic (exact) mass is 505 g/mol. The third kappa shape index (κ3) is 10.6. The van der Waals surface area contributed by atoms with Crippen LogP contribution in [-0.4, -0.2) is 69.2 Å². The number of aliphatic hydroxyl groups is 1. The molecule has 0 fully saturated rings. The molecule has 0 aromatic rings. The lowest BCUT2D eigenvalue weighted by molar-refractivity contribution is -0.144. The van der Waals surface area contributed by atoms with E-state index in [0.29, 0.717) is 0 Å². The van der Waals surface area contributed by atoms with Gasteiger partial charge >= 0.3 is 12.1 Å². The number of carbonyl (C=O) groups excluding carboxylic acids is 4. The Hall–Kier alpha value is -1.49. The number of carbonyl (C=O) groups is 4. The van der Waals surface area contributed by atoms with Crippen LogP contribution in [0.1, 0.15) is 48.0 Å². The van der Waals surface area contributed by atoms with Crippen LogP contribution >= 0.6 is 34.8 Å². The van der Waals surface area contributed by atoms with Crippen molar-refractivity contribution in [3.05, 3.63) is 0 Å². The normalized spacial score (nSPS) is 15.2. The van der Waals surface area contributed by atoms with Gasteiger partial charge in [0.05, 0.1) is 12.7 Å². The highest BCUT2D eigenvalue weighted by molar-refractivity contribution is 6.68. The fraction of sp³-hybridized carbons (Fsp3) is 0.778. The van der Waals surface area contributed by atoms with Gasteiger partial charge in [0, 0.05) is 6.42 Å². The van der Waals surface area contributed by atoms with Crippen LogP contribution in [0.25, 0.3) is 0 Å². The first kappa shape index (κ1) is 29.5. The van der Waals surface area contributed by atoms with Crippen LogP contribution in [0.5, 0.6) is 0 Å². The lowest BCUT2D eigenvalue weighted by Crippen LogP contribution is -2.56. The Bertz CT molecular complexity index is 675. The van der Waals surface area contributed by atoms with Gasteiger partial charge in [-0.25, -0.2) is 9.59 Å². The number of rotatable bonds is 9. The molecule has 10 nitrogen and oxygen atoms in total. The number of amides is 3. The molecule has 0 saturated carbocycles. The SMILES string of the molecule is COC(=O)[C@H](C)NC(=O)[C@H](C)NC(=O)[C@@H](CC(C)(C)O)NC(=O)OC(C)(C)C(Cl)(Cl)Cl. The summed E-state index contributed by atoms with van der Waals surface area (Å²) in [6.45, 7) is 8.38. The number of hydrogen-bond acceptors (Lipinski definition) is 7. The van der Waals surface area contributed by atoms with Gasteiger partial charge in [0.2, 0.25) is 15.6 Å². The van der Waals surface area contributed by atoms with Crippen LogP contribution in [0, 0.1) is 0 Å². The van der Waals surface area contributed by atoms with E-state index >= 15 is 0 Å². The molecule has 180 valence electrons. The van der Waals surface area contributed by atoms with E-state index in [-0.39, 0.29) is 6.42 Å². The van der Waals surface area contributed by atoms with Crippen molar-refractivity contribution in [2.75, 3.05) is 7.11 Å². The average Bonchev–Trinajstić information content (AvgIpc) is 2.57. The van der Waals surface area contributed by atoms with Gasteiger partial charge in [-0.3, -0.25) is 9.59 Å². The lowest BCUT2D eigenvalue weighted by atomic mass is 9.98. The van der Waals surface area contributed by atoms with E-state index in [1.807, 2.05) is 0 Å². The molecule has 0 spiro atoms. The first-order chi connectivity index (χ1) is 13.8. The molecule has 3 amide bonds. The van der Waals surface area contributed by atoms with Crippen molar-refractivity contribution in [2.24, 2.45) is 0 Å². The summed E-state index contributed by atoms with van der Waals surface area (Å²) >= 11 is 17.3. The molecule has 0 saturated heterocycles. The van der Waals surface area contributed by atoms with Gasteiger partial charge in [-0.1, -0.05) is 34.8 Å². The molecule has 13 heteroatoms. The number of esters is 1. The number of alkyl carbamates (subject to hydrolysis) is 1. The molecular formula is C18H30Cl3N3O7. The number of hydrogen-bond donors (Lipinski definition) is 4. The number of ether oxygens (including phenoxy) is 2. The summed E-state index contributed by atoms with van der Waals surface area (Å²) in [4.78, 5) is 48.6. The maximum absolute atomic E-state index is 12.7. The molecule has 0 aromatic carbocycles. The summed E-state index contributed by atoms with van der Waals surface area (Å²) in [6.07, 6.45) is -1.29. The minimum Gasteiger partial charge on any atom is -0.467 e. The van der Waals surface area contributed by atoms with Crippen molar-refractivity contribution in [3.63, 3.8) is 0 Å². The predicted octanol–water partition coefficient (Wildman–Crippen LogP) is 1.57. The lowest BCUT2D eigenvalue weighted by Gasteiger charge is -2.33. The molecule has 0 rings (SSSR count). The van der Waals surface area contributed by atoms with E-state index in [0.717, 1.165) is 0 Å². The Balaban J connectivity index is 5.25. The van der Waals surface area contributed by atoms with Crippen molar-refractivity contribution in [1.82, 2.24) is 16.0 Å². The molecule has 4 N–H and O–H groups in total. The third-order valence-corrected chi connectivity index (χ3v) is 5.37. The van der Waals surface area contributed by atoms with Crippen molar-refractivity contribution < 1.29 is 33.8 Å². The topological polar surface area (TPSA) is 143 Å². The minimum atomic E-state index is -1.94. The largest absolute Gasteiger partial charge is 0.467 e. The van der Waals surface area contributed by atoms with Crippen LogP contribution in [0.15, 0.2) is 0 Å². The van der Waals surface area contributed by atoms with Crippen LogP contribution in [0.2, 0.25) is 0 Å². The van der Waals surface area contributed by atoms with Gasteiger partial charge in [-0.05, 0) is 41.5 Å². The zero-order valence-electron chi connectivity index (χ0n) is 18.5. The molecule has 0 bridgehead atoms. The Morgan fingerprint density at radius 2 is 1.39 bits per heavy atom. The summed E-state index contributed by atoms with van der Waals surface area (Å²) < 4.78 is 7.68. The molecule has 31 heavy (non-hydrogen) atoms. The predicted molar refractivity (Wildman–Crippen MR) is 116 cm³/mol. The molecule has 0 aliphatic rings. The molecule has 0 unspecified atom stereocenters. The highest BCUT2D eigenvalue weighted by atomic mass is 35.6. The van der Waals surface area contributed by atoms with Gasteiger partial charge in [-0.15, -0.1) is 0 Å². The zero-order valence-corrected chi connectivity index (χ0v) is 20.7. The van der Waals surface area contributed by atoms with Crippen LogP contribution < -0.4 is 16.0 Å². The van der Waals surface area contributed by atoms with E-state index < -0.39 is 57.0 Å². The third-order valence-electron chi connectivity index (χ3n) is 4.01. The smallest absolute Gasteiger partial charge is 0.408 e. The average molecular weight is 507 g/mol. The highest BCUT2D eigenvalue weighted by Crippen LogP contribution is 2.40. The fourth-order valence-electron chi connectivity index (χ4n) is 2.12. The highest BCUT2D eigenvalue weighted by Gasteiger charge is 2.44. The fourth-order valence-corrected chi connectivity index (χ4v) is 2.24. The molecular weight excluding hydrogens is 477 g/mol. The summed E-state index contributed by atoms with van der Waals surface area (Å²) in [5.41, 5.74) is -2.89. The molecule has 0 heterocycles. The molecule has 0 aliphatic carbocycles. The molecule has 3 atom stereocenters. The van der Waals surface area contributed by atoms with E-state index in [9.17, 15) is 24.3 Å². The van der Waals surface area contributed by atoms with E-state index in [1.54, 1.807) is 0 Å². The first-order valence-electron chi connectivity index (χ1n) is 9.28. The van der Waals surface area contributed by atoms with E-state index in [1.165, 1.54) is 48.7 Å². The number of alkyl halides is 3. The second-order valence-corrected chi connectivity index (χ2v) is 10.4. The van der Waals surface area contributed by atoms with Crippen LogP contribution in [-0.2, 0) is 23.9 Å². The van der Waals surface area contributed by atoms with Gasteiger partial charge in [-0.2, -0.15) is 0 Å². The Kier molecular flexibility index (Phi) is 10.8. The van der Waals surface area contributed by atoms with Crippen molar-refractivity contribution in [3.8, 4) is 0 Å². The Morgan fingerprint density at radius 1 is 0.903 bits per heavy atom. The van der Waals surface area contributed by atoms with E-state index in [2.05, 4.69) is 20.7 Å². The molecule has 0 aliphatic heterocycles. The molecule has 0 aromatic heterocycles. The standard InChI is InChI=1S/C18H30Cl3N3O7/c1-9(12(25)23-10(2)14(27)30-7)22-13(26)11(8-16(3,4)29)24-15(28)31-17(5,6)18(19,20)21/h9-11,29H,8H2,1-7H3,(H,22,26)(H,23,25)(H,24,28)/t9-,10-,11+/m0/s1. The zero-order chi connectivity index (χ0) is 24.8. The second-order valence-electron chi connectivity index (χ2n) is 8.09. The maximum atomic E-state index is 12.7. The number of methoxy groups -OCH3 is 1. The number of nitrogens with one attached hydrogen (secondary N) is 3.